The van der Waals surface area contributed by atoms with Crippen LogP contribution in [-0.2, 0) is 17.9 Å². The molecule has 0 aliphatic carbocycles. The number of hydrogen-bond acceptors (Lipinski definition) is 5. The van der Waals surface area contributed by atoms with E-state index in [9.17, 15) is 14.7 Å². The maximum atomic E-state index is 12.8. The van der Waals surface area contributed by atoms with Gasteiger partial charge in [0.25, 0.3) is 0 Å². The Morgan fingerprint density at radius 1 is 1.17 bits per heavy atom. The molecule has 2 aromatic rings. The first kappa shape index (κ1) is 19.6. The first-order chi connectivity index (χ1) is 13.9. The number of aliphatic hydroxyl groups excluding tert-OH is 1. The summed E-state index contributed by atoms with van der Waals surface area (Å²) in [5.74, 6) is 0.835. The number of likely N-dealkylation sites (tertiary alicyclic amines) is 2. The van der Waals surface area contributed by atoms with Gasteiger partial charge in [0.15, 0.2) is 0 Å². The van der Waals surface area contributed by atoms with Crippen molar-refractivity contribution in [3.8, 4) is 0 Å². The minimum atomic E-state index is -0.134. The molecule has 0 spiro atoms. The van der Waals surface area contributed by atoms with Crippen LogP contribution >= 0.6 is 0 Å². The van der Waals surface area contributed by atoms with Crippen LogP contribution in [0.3, 0.4) is 0 Å². The van der Waals surface area contributed by atoms with Crippen LogP contribution in [0.15, 0.2) is 36.7 Å². The summed E-state index contributed by atoms with van der Waals surface area (Å²) in [5.41, 5.74) is 2.76. The quantitative estimate of drug-likeness (QED) is 0.843. The smallest absolute Gasteiger partial charge is 0.344 e. The fourth-order valence-corrected chi connectivity index (χ4v) is 4.38. The molecule has 154 valence electrons. The molecule has 4 rings (SSSR count). The van der Waals surface area contributed by atoms with E-state index in [1.54, 1.807) is 19.4 Å². The SMILES string of the molecule is CC(=O)N(C)c1cnn(C(=O)N2CC3CN(Cc4cccc(CO)c4)CC3C2)c1. The van der Waals surface area contributed by atoms with Gasteiger partial charge in [0.05, 0.1) is 24.7 Å². The van der Waals surface area contributed by atoms with Crippen LogP contribution in [-0.4, -0.2) is 69.9 Å². The Labute approximate surface area is 170 Å². The Balaban J connectivity index is 1.34. The van der Waals surface area contributed by atoms with E-state index < -0.39 is 0 Å². The fraction of sp³-hybridized carbons (Fsp3) is 0.476. The number of aromatic nitrogens is 2. The molecular formula is C21H27N5O3. The number of rotatable bonds is 4. The zero-order chi connectivity index (χ0) is 20.5. The van der Waals surface area contributed by atoms with Gasteiger partial charge in [0.2, 0.25) is 5.91 Å². The monoisotopic (exact) mass is 397 g/mol. The predicted molar refractivity (Wildman–Crippen MR) is 108 cm³/mol. The molecule has 2 saturated heterocycles. The van der Waals surface area contributed by atoms with Crippen LogP contribution in [0.1, 0.15) is 18.1 Å². The maximum absolute atomic E-state index is 12.8. The molecule has 2 fully saturated rings. The second kappa shape index (κ2) is 7.96. The van der Waals surface area contributed by atoms with Crippen LogP contribution in [0.25, 0.3) is 0 Å². The third-order valence-corrected chi connectivity index (χ3v) is 6.04. The molecule has 1 N–H and O–H groups in total. The van der Waals surface area contributed by atoms with Gasteiger partial charge in [-0.1, -0.05) is 24.3 Å². The van der Waals surface area contributed by atoms with E-state index in [1.165, 1.54) is 22.1 Å². The number of amides is 2. The Bertz CT molecular complexity index is 897. The minimum absolute atomic E-state index is 0.0630. The first-order valence-corrected chi connectivity index (χ1v) is 9.94. The lowest BCUT2D eigenvalue weighted by molar-refractivity contribution is -0.116. The van der Waals surface area contributed by atoms with Gasteiger partial charge in [-0.2, -0.15) is 9.78 Å². The van der Waals surface area contributed by atoms with Crippen LogP contribution < -0.4 is 4.90 Å². The average molecular weight is 397 g/mol. The van der Waals surface area contributed by atoms with Crippen molar-refractivity contribution in [2.75, 3.05) is 38.1 Å². The molecule has 2 unspecified atom stereocenters. The number of hydrogen-bond donors (Lipinski definition) is 1. The maximum Gasteiger partial charge on any atom is 0.344 e. The van der Waals surface area contributed by atoms with Crippen molar-refractivity contribution in [3.63, 3.8) is 0 Å². The van der Waals surface area contributed by atoms with Crippen molar-refractivity contribution in [3.05, 3.63) is 47.8 Å². The van der Waals surface area contributed by atoms with Gasteiger partial charge in [0.1, 0.15) is 0 Å². The third-order valence-electron chi connectivity index (χ3n) is 6.04. The van der Waals surface area contributed by atoms with E-state index in [0.29, 0.717) is 17.5 Å². The summed E-state index contributed by atoms with van der Waals surface area (Å²) in [6.45, 7) is 5.81. The molecule has 0 saturated carbocycles. The summed E-state index contributed by atoms with van der Waals surface area (Å²) < 4.78 is 1.33. The molecule has 2 aliphatic rings. The molecule has 8 nitrogen and oxygen atoms in total. The molecule has 2 aliphatic heterocycles. The molecule has 1 aromatic carbocycles. The van der Waals surface area contributed by atoms with E-state index in [-0.39, 0.29) is 18.5 Å². The molecule has 1 aromatic heterocycles. The van der Waals surface area contributed by atoms with Crippen LogP contribution in [0, 0.1) is 11.8 Å². The summed E-state index contributed by atoms with van der Waals surface area (Å²) in [6, 6.07) is 7.93. The molecule has 2 atom stereocenters. The lowest BCUT2D eigenvalue weighted by atomic mass is 10.0. The Kier molecular flexibility index (Phi) is 5.38. The molecule has 29 heavy (non-hydrogen) atoms. The van der Waals surface area contributed by atoms with E-state index in [4.69, 9.17) is 0 Å². The lowest BCUT2D eigenvalue weighted by Gasteiger charge is -2.21. The zero-order valence-electron chi connectivity index (χ0n) is 16.9. The number of benzene rings is 1. The summed E-state index contributed by atoms with van der Waals surface area (Å²) in [5, 5.41) is 13.5. The predicted octanol–water partition coefficient (Wildman–Crippen LogP) is 1.39. The van der Waals surface area contributed by atoms with Crippen LogP contribution in [0.2, 0.25) is 0 Å². The zero-order valence-corrected chi connectivity index (χ0v) is 16.9. The third kappa shape index (κ3) is 4.04. The van der Waals surface area contributed by atoms with E-state index in [0.717, 1.165) is 38.3 Å². The summed E-state index contributed by atoms with van der Waals surface area (Å²) >= 11 is 0. The molecule has 0 bridgehead atoms. The standard InChI is InChI=1S/C21H27N5O3/c1-15(28)23(2)20-7-22-26(13-20)21(29)25-11-18-9-24(10-19(18)12-25)8-16-4-3-5-17(6-16)14-27/h3-7,13,18-19,27H,8-12,14H2,1-2H3. The van der Waals surface area contributed by atoms with Gasteiger partial charge >= 0.3 is 6.03 Å². The largest absolute Gasteiger partial charge is 0.392 e. The second-order valence-electron chi connectivity index (χ2n) is 8.10. The molecule has 3 heterocycles. The molecule has 2 amide bonds. The number of anilines is 1. The lowest BCUT2D eigenvalue weighted by Crippen LogP contribution is -2.36. The van der Waals surface area contributed by atoms with Gasteiger partial charge in [-0.25, -0.2) is 4.79 Å². The highest BCUT2D eigenvalue weighted by atomic mass is 16.3. The summed E-state index contributed by atoms with van der Waals surface area (Å²) in [6.07, 6.45) is 3.15. The normalized spacial score (nSPS) is 21.4. The van der Waals surface area contributed by atoms with Gasteiger partial charge in [-0.05, 0) is 23.0 Å². The summed E-state index contributed by atoms with van der Waals surface area (Å²) in [4.78, 5) is 30.1. The van der Waals surface area contributed by atoms with Crippen molar-refractivity contribution in [2.45, 2.75) is 20.1 Å². The molecular weight excluding hydrogens is 370 g/mol. The van der Waals surface area contributed by atoms with Gasteiger partial charge in [-0.15, -0.1) is 0 Å². The van der Waals surface area contributed by atoms with Crippen molar-refractivity contribution < 1.29 is 14.7 Å². The second-order valence-corrected chi connectivity index (χ2v) is 8.10. The van der Waals surface area contributed by atoms with Gasteiger partial charge in [-0.3, -0.25) is 9.69 Å². The van der Waals surface area contributed by atoms with Crippen molar-refractivity contribution in [1.29, 1.82) is 0 Å². The van der Waals surface area contributed by atoms with Gasteiger partial charge in [0, 0.05) is 46.7 Å². The Hall–Kier alpha value is -2.71. The highest BCUT2D eigenvalue weighted by Gasteiger charge is 2.41. The summed E-state index contributed by atoms with van der Waals surface area (Å²) in [7, 11) is 1.67. The van der Waals surface area contributed by atoms with Crippen LogP contribution in [0.4, 0.5) is 10.5 Å². The molecule has 8 heteroatoms. The Morgan fingerprint density at radius 2 is 1.86 bits per heavy atom. The highest BCUT2D eigenvalue weighted by molar-refractivity contribution is 5.91. The average Bonchev–Trinajstić information content (AvgIpc) is 3.41. The fourth-order valence-electron chi connectivity index (χ4n) is 4.38. The van der Waals surface area contributed by atoms with E-state index in [1.807, 2.05) is 17.0 Å². The number of nitrogens with zero attached hydrogens (tertiary/aromatic N) is 5. The highest BCUT2D eigenvalue weighted by Crippen LogP contribution is 2.32. The van der Waals surface area contributed by atoms with Crippen molar-refractivity contribution >= 4 is 17.6 Å². The topological polar surface area (TPSA) is 81.9 Å². The van der Waals surface area contributed by atoms with E-state index >= 15 is 0 Å². The number of carbonyl (C=O) groups excluding carboxylic acids is 2. The number of fused-ring (bicyclic) bond motifs is 1. The molecule has 0 radical (unpaired) electrons. The number of aliphatic hydroxyl groups is 1. The Morgan fingerprint density at radius 3 is 2.52 bits per heavy atom. The van der Waals surface area contributed by atoms with E-state index in [2.05, 4.69) is 22.1 Å². The van der Waals surface area contributed by atoms with Crippen molar-refractivity contribution in [1.82, 2.24) is 19.6 Å². The minimum Gasteiger partial charge on any atom is -0.392 e. The van der Waals surface area contributed by atoms with Crippen molar-refractivity contribution in [2.24, 2.45) is 11.8 Å². The number of carbonyl (C=O) groups is 2. The first-order valence-electron chi connectivity index (χ1n) is 9.94. The van der Waals surface area contributed by atoms with Crippen LogP contribution in [0.5, 0.6) is 0 Å². The van der Waals surface area contributed by atoms with Gasteiger partial charge < -0.3 is 14.9 Å².